The van der Waals surface area contributed by atoms with Crippen LogP contribution in [0.4, 0.5) is 0 Å². The third kappa shape index (κ3) is 4.90. The monoisotopic (exact) mass is 444 g/mol. The molecule has 1 aliphatic heterocycles. The summed E-state index contributed by atoms with van der Waals surface area (Å²) >= 11 is 9.72. The van der Waals surface area contributed by atoms with Crippen molar-refractivity contribution in [2.24, 2.45) is 5.92 Å². The molecule has 1 atom stereocenters. The average Bonchev–Trinajstić information content (AvgIpc) is 2.99. The van der Waals surface area contributed by atoms with Gasteiger partial charge in [0.15, 0.2) is 0 Å². The Morgan fingerprint density at radius 3 is 2.39 bits per heavy atom. The third-order valence-electron chi connectivity index (χ3n) is 4.77. The van der Waals surface area contributed by atoms with Gasteiger partial charge in [0.05, 0.1) is 5.02 Å². The van der Waals surface area contributed by atoms with E-state index in [0.29, 0.717) is 10.9 Å². The Morgan fingerprint density at radius 1 is 1.17 bits per heavy atom. The second-order valence-corrected chi connectivity index (χ2v) is 7.42. The van der Waals surface area contributed by atoms with E-state index in [-0.39, 0.29) is 36.6 Å². The Labute approximate surface area is 164 Å². The first-order valence-electron chi connectivity index (χ1n) is 7.79. The zero-order valence-electron chi connectivity index (χ0n) is 12.9. The highest BCUT2D eigenvalue weighted by Gasteiger charge is 2.34. The van der Waals surface area contributed by atoms with Gasteiger partial charge in [0.25, 0.3) is 0 Å². The number of phenolic OH excluding ortho intramolecular Hbond substituents is 1. The number of phenols is 1. The maximum Gasteiger partial charge on any atom is 0.139 e. The lowest BCUT2D eigenvalue weighted by Crippen LogP contribution is -2.46. The number of benzene rings is 1. The lowest BCUT2D eigenvalue weighted by Gasteiger charge is -2.39. The first-order chi connectivity index (χ1) is 10.2. The van der Waals surface area contributed by atoms with E-state index in [4.69, 9.17) is 11.6 Å². The van der Waals surface area contributed by atoms with Crippen LogP contribution in [0, 0.1) is 5.92 Å². The molecule has 2 fully saturated rings. The fraction of sp³-hybridized carbons (Fsp3) is 0.625. The Balaban J connectivity index is 0.00000132. The largest absolute Gasteiger partial charge is 0.506 e. The van der Waals surface area contributed by atoms with Crippen molar-refractivity contribution < 1.29 is 5.11 Å². The molecule has 1 aromatic rings. The Morgan fingerprint density at radius 2 is 1.78 bits per heavy atom. The number of nitrogens with one attached hydrogen (secondary N) is 1. The van der Waals surface area contributed by atoms with Crippen molar-refractivity contribution in [2.45, 2.75) is 31.7 Å². The van der Waals surface area contributed by atoms with Gasteiger partial charge in [0, 0.05) is 42.3 Å². The number of aromatic hydroxyl groups is 1. The van der Waals surface area contributed by atoms with Crippen LogP contribution < -0.4 is 5.32 Å². The molecule has 0 spiro atoms. The normalized spacial score (nSPS) is 20.6. The summed E-state index contributed by atoms with van der Waals surface area (Å²) < 4.78 is 0.943. The Hall–Kier alpha value is 0.290. The molecule has 3 nitrogen and oxygen atoms in total. The first-order valence-corrected chi connectivity index (χ1v) is 8.96. The van der Waals surface area contributed by atoms with Crippen molar-refractivity contribution in [3.63, 3.8) is 0 Å². The molecule has 1 aliphatic carbocycles. The molecule has 0 unspecified atom stereocenters. The van der Waals surface area contributed by atoms with Gasteiger partial charge < -0.3 is 10.4 Å². The summed E-state index contributed by atoms with van der Waals surface area (Å²) in [6.45, 7) is 4.10. The summed E-state index contributed by atoms with van der Waals surface area (Å²) in [6.07, 6.45) is 5.10. The third-order valence-corrected chi connectivity index (χ3v) is 5.51. The highest BCUT2D eigenvalue weighted by molar-refractivity contribution is 9.10. The molecule has 2 aliphatic rings. The number of hydrogen-bond acceptors (Lipinski definition) is 3. The molecule has 0 bridgehead atoms. The van der Waals surface area contributed by atoms with Crippen LogP contribution in [0.2, 0.25) is 5.02 Å². The molecule has 3 rings (SSSR count). The van der Waals surface area contributed by atoms with Crippen LogP contribution in [0.3, 0.4) is 0 Å². The van der Waals surface area contributed by atoms with Crippen LogP contribution in [0.15, 0.2) is 16.6 Å². The molecule has 1 saturated carbocycles. The molecule has 0 radical (unpaired) electrons. The first kappa shape index (κ1) is 21.3. The second kappa shape index (κ2) is 9.69. The summed E-state index contributed by atoms with van der Waals surface area (Å²) in [7, 11) is 0. The van der Waals surface area contributed by atoms with E-state index in [2.05, 4.69) is 26.1 Å². The maximum atomic E-state index is 10.5. The van der Waals surface area contributed by atoms with Crippen molar-refractivity contribution in [1.82, 2.24) is 10.2 Å². The SMILES string of the molecule is Cl.Cl.Oc1c(Cl)cc(Br)cc1[C@H](C1CCCC1)N1CCNCC1. The molecule has 2 N–H and O–H groups in total. The van der Waals surface area contributed by atoms with Crippen LogP contribution in [-0.4, -0.2) is 36.2 Å². The van der Waals surface area contributed by atoms with Crippen molar-refractivity contribution in [2.75, 3.05) is 26.2 Å². The molecule has 0 aromatic heterocycles. The van der Waals surface area contributed by atoms with E-state index in [9.17, 15) is 5.11 Å². The molecule has 132 valence electrons. The smallest absolute Gasteiger partial charge is 0.139 e. The van der Waals surface area contributed by atoms with E-state index < -0.39 is 0 Å². The standard InChI is InChI=1S/C16H22BrClN2O.2ClH/c17-12-9-13(16(21)14(18)10-12)15(11-3-1-2-4-11)20-7-5-19-6-8-20;;/h9-11,15,19,21H,1-8H2;2*1H/t15-;;/m0../s1. The van der Waals surface area contributed by atoms with Crippen molar-refractivity contribution >= 4 is 52.3 Å². The van der Waals surface area contributed by atoms with Gasteiger partial charge >= 0.3 is 0 Å². The number of halogens is 4. The Kier molecular flexibility index (Phi) is 8.99. The second-order valence-electron chi connectivity index (χ2n) is 6.10. The van der Waals surface area contributed by atoms with Gasteiger partial charge in [-0.3, -0.25) is 4.90 Å². The molecule has 1 saturated heterocycles. The van der Waals surface area contributed by atoms with Crippen molar-refractivity contribution in [3.05, 3.63) is 27.2 Å². The predicted octanol–water partition coefficient (Wildman–Crippen LogP) is 4.79. The molecule has 7 heteroatoms. The maximum absolute atomic E-state index is 10.5. The van der Waals surface area contributed by atoms with E-state index >= 15 is 0 Å². The minimum absolute atomic E-state index is 0. The topological polar surface area (TPSA) is 35.5 Å². The molecule has 23 heavy (non-hydrogen) atoms. The van der Waals surface area contributed by atoms with E-state index in [1.54, 1.807) is 6.07 Å². The average molecular weight is 447 g/mol. The van der Waals surface area contributed by atoms with E-state index in [1.807, 2.05) is 6.07 Å². The van der Waals surface area contributed by atoms with Crippen LogP contribution >= 0.6 is 52.3 Å². The molecular weight excluding hydrogens is 422 g/mol. The quantitative estimate of drug-likeness (QED) is 0.701. The summed E-state index contributed by atoms with van der Waals surface area (Å²) in [5.41, 5.74) is 0.989. The zero-order valence-corrected chi connectivity index (χ0v) is 16.9. The summed E-state index contributed by atoms with van der Waals surface area (Å²) in [5, 5.41) is 14.3. The van der Waals surface area contributed by atoms with Crippen molar-refractivity contribution in [3.8, 4) is 5.75 Å². The molecular formula is C16H24BrCl3N2O. The number of hydrogen-bond donors (Lipinski definition) is 2. The highest BCUT2D eigenvalue weighted by atomic mass is 79.9. The number of piperazine rings is 1. The molecule has 0 amide bonds. The van der Waals surface area contributed by atoms with Gasteiger partial charge in [-0.05, 0) is 30.9 Å². The van der Waals surface area contributed by atoms with Crippen molar-refractivity contribution in [1.29, 1.82) is 0 Å². The summed E-state index contributed by atoms with van der Waals surface area (Å²) in [4.78, 5) is 2.52. The van der Waals surface area contributed by atoms with Crippen LogP contribution in [-0.2, 0) is 0 Å². The van der Waals surface area contributed by atoms with Gasteiger partial charge in [0.2, 0.25) is 0 Å². The minimum Gasteiger partial charge on any atom is -0.506 e. The molecule has 1 aromatic carbocycles. The van der Waals surface area contributed by atoms with E-state index in [0.717, 1.165) is 36.2 Å². The zero-order chi connectivity index (χ0) is 14.8. The van der Waals surface area contributed by atoms with Gasteiger partial charge in [0.1, 0.15) is 5.75 Å². The highest BCUT2D eigenvalue weighted by Crippen LogP contribution is 2.45. The van der Waals surface area contributed by atoms with Gasteiger partial charge in [-0.2, -0.15) is 0 Å². The number of nitrogens with zero attached hydrogens (tertiary/aromatic N) is 1. The lowest BCUT2D eigenvalue weighted by atomic mass is 9.89. The van der Waals surface area contributed by atoms with Crippen LogP contribution in [0.5, 0.6) is 5.75 Å². The fourth-order valence-corrected chi connectivity index (χ4v) is 4.63. The predicted molar refractivity (Wildman–Crippen MR) is 104 cm³/mol. The van der Waals surface area contributed by atoms with Crippen LogP contribution in [0.25, 0.3) is 0 Å². The van der Waals surface area contributed by atoms with Gasteiger partial charge in [-0.1, -0.05) is 40.4 Å². The number of rotatable bonds is 3. The fourth-order valence-electron chi connectivity index (χ4n) is 3.79. The summed E-state index contributed by atoms with van der Waals surface area (Å²) in [6, 6.07) is 4.10. The minimum atomic E-state index is 0. The molecule has 1 heterocycles. The van der Waals surface area contributed by atoms with Gasteiger partial charge in [-0.25, -0.2) is 0 Å². The van der Waals surface area contributed by atoms with E-state index in [1.165, 1.54) is 25.7 Å². The Bertz CT molecular complexity index is 506. The van der Waals surface area contributed by atoms with Gasteiger partial charge in [-0.15, -0.1) is 24.8 Å². The summed E-state index contributed by atoms with van der Waals surface area (Å²) in [5.74, 6) is 0.884. The van der Waals surface area contributed by atoms with Crippen LogP contribution in [0.1, 0.15) is 37.3 Å². The lowest BCUT2D eigenvalue weighted by molar-refractivity contribution is 0.123.